The van der Waals surface area contributed by atoms with Crippen LogP contribution in [0.3, 0.4) is 0 Å². The van der Waals surface area contributed by atoms with Crippen LogP contribution in [0.4, 0.5) is 0 Å². The van der Waals surface area contributed by atoms with Crippen molar-refractivity contribution in [2.24, 2.45) is 0 Å². The Kier molecular flexibility index (Phi) is 4.22. The second-order valence-corrected chi connectivity index (χ2v) is 5.30. The highest BCUT2D eigenvalue weighted by Crippen LogP contribution is 2.27. The van der Waals surface area contributed by atoms with E-state index in [9.17, 15) is 5.11 Å². The topological polar surface area (TPSA) is 29.5 Å². The second kappa shape index (κ2) is 6.46. The quantitative estimate of drug-likeness (QED) is 0.743. The van der Waals surface area contributed by atoms with Crippen LogP contribution in [-0.4, -0.2) is 5.11 Å². The van der Waals surface area contributed by atoms with Gasteiger partial charge in [0.05, 0.1) is 0 Å². The highest BCUT2D eigenvalue weighted by atomic mass is 16.5. The Morgan fingerprint density at radius 1 is 0.727 bits per heavy atom. The lowest BCUT2D eigenvalue weighted by Crippen LogP contribution is -1.99. The lowest BCUT2D eigenvalue weighted by molar-refractivity contribution is 0.220. The number of benzene rings is 3. The summed E-state index contributed by atoms with van der Waals surface area (Å²) in [5, 5.41) is 10.5. The van der Waals surface area contributed by atoms with Gasteiger partial charge in [-0.05, 0) is 42.3 Å². The third-order valence-corrected chi connectivity index (χ3v) is 3.55. The van der Waals surface area contributed by atoms with Crippen LogP contribution < -0.4 is 4.74 Å². The summed E-state index contributed by atoms with van der Waals surface area (Å²) in [6, 6.07) is 25.1. The number of hydrogen-bond acceptors (Lipinski definition) is 2. The van der Waals surface area contributed by atoms with Crippen LogP contribution in [0.15, 0.2) is 78.9 Å². The lowest BCUT2D eigenvalue weighted by atomic mass is 10.0. The predicted molar refractivity (Wildman–Crippen MR) is 88.2 cm³/mol. The van der Waals surface area contributed by atoms with Gasteiger partial charge in [-0.3, -0.25) is 0 Å². The summed E-state index contributed by atoms with van der Waals surface area (Å²) in [4.78, 5) is 0. The van der Waals surface area contributed by atoms with Crippen LogP contribution in [-0.2, 0) is 0 Å². The Labute approximate surface area is 130 Å². The molecule has 0 heterocycles. The van der Waals surface area contributed by atoms with Crippen LogP contribution >= 0.6 is 0 Å². The van der Waals surface area contributed by atoms with E-state index in [4.69, 9.17) is 4.74 Å². The minimum absolute atomic E-state index is 0.653. The predicted octanol–water partition coefficient (Wildman–Crippen LogP) is 4.87. The minimum atomic E-state index is -0.653. The molecule has 110 valence electrons. The van der Waals surface area contributed by atoms with Gasteiger partial charge in [0.25, 0.3) is 0 Å². The maximum atomic E-state index is 10.5. The van der Waals surface area contributed by atoms with Crippen molar-refractivity contribution in [3.63, 3.8) is 0 Å². The molecular weight excluding hydrogens is 272 g/mol. The summed E-state index contributed by atoms with van der Waals surface area (Å²) < 4.78 is 5.81. The largest absolute Gasteiger partial charge is 0.457 e. The Hall–Kier alpha value is -2.58. The minimum Gasteiger partial charge on any atom is -0.457 e. The first-order chi connectivity index (χ1) is 10.7. The molecule has 3 aromatic rings. The summed E-state index contributed by atoms with van der Waals surface area (Å²) in [6.45, 7) is 2.03. The molecule has 0 bridgehead atoms. The van der Waals surface area contributed by atoms with Gasteiger partial charge in [-0.15, -0.1) is 0 Å². The van der Waals surface area contributed by atoms with Gasteiger partial charge in [-0.2, -0.15) is 0 Å². The smallest absolute Gasteiger partial charge is 0.127 e. The van der Waals surface area contributed by atoms with Crippen molar-refractivity contribution in [3.05, 3.63) is 95.6 Å². The maximum Gasteiger partial charge on any atom is 0.127 e. The molecule has 3 aromatic carbocycles. The fourth-order valence-electron chi connectivity index (χ4n) is 2.31. The lowest BCUT2D eigenvalue weighted by Gasteiger charge is -2.13. The standard InChI is InChI=1S/C20H18O2/c1-15-10-12-16(13-11-15)20(21)17-6-5-9-19(14-17)22-18-7-3-2-4-8-18/h2-14,20-21H,1H3. The molecule has 0 saturated carbocycles. The summed E-state index contributed by atoms with van der Waals surface area (Å²) >= 11 is 0. The van der Waals surface area contributed by atoms with Crippen LogP contribution in [0.1, 0.15) is 22.8 Å². The van der Waals surface area contributed by atoms with Gasteiger partial charge in [0.15, 0.2) is 0 Å². The molecule has 0 spiro atoms. The average Bonchev–Trinajstić information content (AvgIpc) is 2.56. The van der Waals surface area contributed by atoms with Crippen LogP contribution in [0.2, 0.25) is 0 Å². The average molecular weight is 290 g/mol. The Morgan fingerprint density at radius 2 is 1.41 bits per heavy atom. The molecule has 0 aliphatic carbocycles. The molecule has 2 heteroatoms. The molecule has 3 rings (SSSR count). The van der Waals surface area contributed by atoms with Crippen LogP contribution in [0, 0.1) is 6.92 Å². The molecule has 1 unspecified atom stereocenters. The maximum absolute atomic E-state index is 10.5. The number of aliphatic hydroxyl groups excluding tert-OH is 1. The third kappa shape index (κ3) is 3.35. The molecule has 1 atom stereocenters. The van der Waals surface area contributed by atoms with E-state index in [1.807, 2.05) is 85.8 Å². The molecule has 22 heavy (non-hydrogen) atoms. The van der Waals surface area contributed by atoms with Gasteiger partial charge >= 0.3 is 0 Å². The zero-order valence-electron chi connectivity index (χ0n) is 12.4. The number of hydrogen-bond donors (Lipinski definition) is 1. The molecule has 1 N–H and O–H groups in total. The first-order valence-electron chi connectivity index (χ1n) is 7.30. The Morgan fingerprint density at radius 3 is 2.14 bits per heavy atom. The SMILES string of the molecule is Cc1ccc(C(O)c2cccc(Oc3ccccc3)c2)cc1. The number of ether oxygens (including phenoxy) is 1. The number of para-hydroxylation sites is 1. The van der Waals surface area contributed by atoms with Crippen molar-refractivity contribution in [1.82, 2.24) is 0 Å². The number of rotatable bonds is 4. The van der Waals surface area contributed by atoms with Gasteiger partial charge in [-0.1, -0.05) is 60.2 Å². The highest BCUT2D eigenvalue weighted by Gasteiger charge is 2.11. The molecule has 0 aromatic heterocycles. The Bertz CT molecular complexity index is 733. The van der Waals surface area contributed by atoms with Crippen molar-refractivity contribution in [1.29, 1.82) is 0 Å². The van der Waals surface area contributed by atoms with E-state index in [0.717, 1.165) is 22.6 Å². The molecule has 0 saturated heterocycles. The zero-order chi connectivity index (χ0) is 15.4. The van der Waals surface area contributed by atoms with Crippen molar-refractivity contribution >= 4 is 0 Å². The van der Waals surface area contributed by atoms with Crippen LogP contribution in [0.25, 0.3) is 0 Å². The Balaban J connectivity index is 1.83. The van der Waals surface area contributed by atoms with Gasteiger partial charge < -0.3 is 9.84 Å². The normalized spacial score (nSPS) is 11.9. The van der Waals surface area contributed by atoms with E-state index < -0.39 is 6.10 Å². The second-order valence-electron chi connectivity index (χ2n) is 5.30. The fraction of sp³-hybridized carbons (Fsp3) is 0.100. The van der Waals surface area contributed by atoms with E-state index >= 15 is 0 Å². The van der Waals surface area contributed by atoms with Crippen LogP contribution in [0.5, 0.6) is 11.5 Å². The molecule has 2 nitrogen and oxygen atoms in total. The first-order valence-corrected chi connectivity index (χ1v) is 7.30. The molecular formula is C20H18O2. The van der Waals surface area contributed by atoms with E-state index in [1.165, 1.54) is 5.56 Å². The molecule has 0 aliphatic rings. The molecule has 0 fully saturated rings. The zero-order valence-corrected chi connectivity index (χ0v) is 12.4. The third-order valence-electron chi connectivity index (χ3n) is 3.55. The van der Waals surface area contributed by atoms with Crippen molar-refractivity contribution in [2.45, 2.75) is 13.0 Å². The van der Waals surface area contributed by atoms with E-state index in [2.05, 4.69) is 0 Å². The first kappa shape index (κ1) is 14.4. The van der Waals surface area contributed by atoms with Gasteiger partial charge in [0, 0.05) is 0 Å². The van der Waals surface area contributed by atoms with Gasteiger partial charge in [0.2, 0.25) is 0 Å². The molecule has 0 aliphatic heterocycles. The summed E-state index contributed by atoms with van der Waals surface area (Å²) in [5.74, 6) is 1.50. The van der Waals surface area contributed by atoms with Gasteiger partial charge in [-0.25, -0.2) is 0 Å². The number of aliphatic hydroxyl groups is 1. The van der Waals surface area contributed by atoms with E-state index in [-0.39, 0.29) is 0 Å². The van der Waals surface area contributed by atoms with E-state index in [1.54, 1.807) is 0 Å². The summed E-state index contributed by atoms with van der Waals surface area (Å²) in [6.07, 6.45) is -0.653. The monoisotopic (exact) mass is 290 g/mol. The van der Waals surface area contributed by atoms with E-state index in [0.29, 0.717) is 0 Å². The van der Waals surface area contributed by atoms with Gasteiger partial charge in [0.1, 0.15) is 17.6 Å². The molecule has 0 radical (unpaired) electrons. The summed E-state index contributed by atoms with van der Waals surface area (Å²) in [5.41, 5.74) is 2.87. The van der Waals surface area contributed by atoms with Crippen molar-refractivity contribution in [3.8, 4) is 11.5 Å². The summed E-state index contributed by atoms with van der Waals surface area (Å²) in [7, 11) is 0. The van der Waals surface area contributed by atoms with Crippen molar-refractivity contribution in [2.75, 3.05) is 0 Å². The number of aryl methyl sites for hydroxylation is 1. The molecule has 0 amide bonds. The fourth-order valence-corrected chi connectivity index (χ4v) is 2.31. The highest BCUT2D eigenvalue weighted by molar-refractivity contribution is 5.38. The van der Waals surface area contributed by atoms with Crippen molar-refractivity contribution < 1.29 is 9.84 Å².